The number of nitrogens with two attached hydrogens (primary N) is 1. The summed E-state index contributed by atoms with van der Waals surface area (Å²) in [5.74, 6) is -0.00103. The van der Waals surface area contributed by atoms with E-state index in [9.17, 15) is 14.0 Å². The Bertz CT molecular complexity index is 1770. The Morgan fingerprint density at radius 3 is 2.65 bits per heavy atom. The van der Waals surface area contributed by atoms with E-state index in [1.807, 2.05) is 25.1 Å². The van der Waals surface area contributed by atoms with Gasteiger partial charge in [-0.15, -0.1) is 0 Å². The smallest absolute Gasteiger partial charge is 0.289 e. The van der Waals surface area contributed by atoms with Crippen LogP contribution in [-0.2, 0) is 4.79 Å². The van der Waals surface area contributed by atoms with Crippen molar-refractivity contribution < 1.29 is 13.9 Å². The minimum atomic E-state index is -0.462. The fourth-order valence-corrected chi connectivity index (χ4v) is 4.28. The molecular formula is C30H27FN6O3. The number of nitrogens with zero attached hydrogens (tertiary/aromatic N) is 3. The average molecular weight is 539 g/mol. The summed E-state index contributed by atoms with van der Waals surface area (Å²) in [5, 5.41) is 9.75. The number of nitrogen functional groups attached to an aromatic ring is 1. The van der Waals surface area contributed by atoms with Crippen LogP contribution >= 0.6 is 0 Å². The van der Waals surface area contributed by atoms with Gasteiger partial charge in [0.25, 0.3) is 5.56 Å². The highest BCUT2D eigenvalue weighted by atomic mass is 19.1. The quantitative estimate of drug-likeness (QED) is 0.241. The van der Waals surface area contributed by atoms with E-state index in [-0.39, 0.29) is 17.5 Å². The number of amides is 1. The van der Waals surface area contributed by atoms with E-state index >= 15 is 0 Å². The Balaban J connectivity index is 1.50. The van der Waals surface area contributed by atoms with Crippen LogP contribution in [0.5, 0.6) is 11.5 Å². The second-order valence-electron chi connectivity index (χ2n) is 9.34. The molecule has 0 aliphatic heterocycles. The van der Waals surface area contributed by atoms with E-state index in [0.29, 0.717) is 40.1 Å². The van der Waals surface area contributed by atoms with Crippen molar-refractivity contribution in [1.82, 2.24) is 19.7 Å². The molecule has 5 rings (SSSR count). The van der Waals surface area contributed by atoms with Crippen LogP contribution in [0.4, 0.5) is 15.9 Å². The molecule has 0 bridgehead atoms. The number of likely N-dealkylation sites (N-methyl/N-ethyl adjacent to an activating group) is 1. The van der Waals surface area contributed by atoms with Crippen molar-refractivity contribution in [3.05, 3.63) is 107 Å². The molecule has 3 aromatic carbocycles. The largest absolute Gasteiger partial charge is 0.454 e. The number of aromatic amines is 1. The van der Waals surface area contributed by atoms with Crippen LogP contribution in [0, 0.1) is 5.82 Å². The van der Waals surface area contributed by atoms with Gasteiger partial charge in [-0.1, -0.05) is 36.4 Å². The number of fused-ring (bicyclic) bond motifs is 1. The molecule has 0 aliphatic carbocycles. The summed E-state index contributed by atoms with van der Waals surface area (Å²) in [6, 6.07) is 20.3. The van der Waals surface area contributed by atoms with Gasteiger partial charge in [0, 0.05) is 35.8 Å². The molecule has 2 aromatic heterocycles. The maximum absolute atomic E-state index is 14.0. The molecule has 10 heteroatoms. The number of hydrogen-bond donors (Lipinski definition) is 3. The molecule has 0 saturated heterocycles. The molecule has 0 atom stereocenters. The molecule has 0 aliphatic rings. The highest BCUT2D eigenvalue weighted by molar-refractivity contribution is 6.03. The minimum absolute atomic E-state index is 0.118. The number of H-pyrrole nitrogens is 1. The van der Waals surface area contributed by atoms with Gasteiger partial charge in [0.2, 0.25) is 5.91 Å². The van der Waals surface area contributed by atoms with Gasteiger partial charge >= 0.3 is 0 Å². The molecule has 40 heavy (non-hydrogen) atoms. The van der Waals surface area contributed by atoms with Crippen molar-refractivity contribution in [3.63, 3.8) is 0 Å². The molecule has 0 radical (unpaired) electrons. The third-order valence-corrected chi connectivity index (χ3v) is 6.12. The Morgan fingerprint density at radius 2 is 1.90 bits per heavy atom. The number of ether oxygens (including phenoxy) is 1. The summed E-state index contributed by atoms with van der Waals surface area (Å²) < 4.78 is 21.4. The van der Waals surface area contributed by atoms with E-state index < -0.39 is 11.4 Å². The molecular weight excluding hydrogens is 511 g/mol. The number of aromatic nitrogens is 3. The Labute approximate surface area is 229 Å². The van der Waals surface area contributed by atoms with Gasteiger partial charge in [-0.2, -0.15) is 5.10 Å². The second kappa shape index (κ2) is 11.3. The van der Waals surface area contributed by atoms with Crippen LogP contribution in [0.1, 0.15) is 0 Å². The zero-order valence-electron chi connectivity index (χ0n) is 21.9. The first kappa shape index (κ1) is 26.4. The second-order valence-corrected chi connectivity index (χ2v) is 9.34. The lowest BCUT2D eigenvalue weighted by Gasteiger charge is -2.09. The molecule has 1 amide bonds. The number of rotatable bonds is 8. The predicted molar refractivity (Wildman–Crippen MR) is 154 cm³/mol. The third-order valence-electron chi connectivity index (χ3n) is 6.12. The number of benzene rings is 3. The normalized spacial score (nSPS) is 11.4. The lowest BCUT2D eigenvalue weighted by Crippen LogP contribution is -2.14. The van der Waals surface area contributed by atoms with Crippen molar-refractivity contribution in [2.75, 3.05) is 31.7 Å². The van der Waals surface area contributed by atoms with Gasteiger partial charge in [0.1, 0.15) is 11.3 Å². The molecule has 4 N–H and O–H groups in total. The maximum Gasteiger partial charge on any atom is 0.289 e. The highest BCUT2D eigenvalue weighted by Gasteiger charge is 2.18. The SMILES string of the molecule is CN(C)C/C=C/C(=O)Nc1cccc(-n2cc(-c3ccc(Oc4ccccc4F)cc3)c3c(N)n[nH]c(=O)c32)c1. The molecule has 2 heterocycles. The van der Waals surface area contributed by atoms with Crippen molar-refractivity contribution in [3.8, 4) is 28.3 Å². The van der Waals surface area contributed by atoms with Crippen LogP contribution in [-0.4, -0.2) is 46.2 Å². The van der Waals surface area contributed by atoms with E-state index in [1.54, 1.807) is 77.5 Å². The monoisotopic (exact) mass is 538 g/mol. The van der Waals surface area contributed by atoms with Gasteiger partial charge in [0.15, 0.2) is 17.4 Å². The van der Waals surface area contributed by atoms with Crippen LogP contribution < -0.4 is 21.3 Å². The van der Waals surface area contributed by atoms with E-state index in [2.05, 4.69) is 15.5 Å². The van der Waals surface area contributed by atoms with Crippen molar-refractivity contribution in [2.24, 2.45) is 0 Å². The molecule has 0 unspecified atom stereocenters. The maximum atomic E-state index is 14.0. The number of halogens is 1. The van der Waals surface area contributed by atoms with E-state index in [4.69, 9.17) is 10.5 Å². The number of nitrogens with one attached hydrogen (secondary N) is 2. The molecule has 0 spiro atoms. The summed E-state index contributed by atoms with van der Waals surface area (Å²) >= 11 is 0. The molecule has 9 nitrogen and oxygen atoms in total. The summed E-state index contributed by atoms with van der Waals surface area (Å²) in [6.07, 6.45) is 5.04. The molecule has 0 fully saturated rings. The van der Waals surface area contributed by atoms with E-state index in [1.165, 1.54) is 12.1 Å². The topological polar surface area (TPSA) is 118 Å². The number of anilines is 2. The molecule has 0 saturated carbocycles. The van der Waals surface area contributed by atoms with Crippen LogP contribution in [0.3, 0.4) is 0 Å². The van der Waals surface area contributed by atoms with Gasteiger partial charge in [-0.25, -0.2) is 9.49 Å². The predicted octanol–water partition coefficient (Wildman–Crippen LogP) is 4.95. The van der Waals surface area contributed by atoms with Gasteiger partial charge < -0.3 is 25.3 Å². The number of para-hydroxylation sites is 1. The summed E-state index contributed by atoms with van der Waals surface area (Å²) in [5.41, 5.74) is 8.75. The van der Waals surface area contributed by atoms with Crippen molar-refractivity contribution in [2.45, 2.75) is 0 Å². The Morgan fingerprint density at radius 1 is 1.12 bits per heavy atom. The first-order chi connectivity index (χ1) is 19.3. The standard InChI is InChI=1S/C30H27FN6O3/c1-36(2)16-6-11-26(38)33-20-7-5-8-21(17-20)37-18-23(27-28(37)30(39)35-34-29(27)32)19-12-14-22(15-13-19)40-25-10-4-3-9-24(25)31/h3-15,17-18H,16H2,1-2H3,(H2,32,34)(H,33,38)(H,35,39)/b11-6+. The number of carbonyl (C=O) groups is 1. The van der Waals surface area contributed by atoms with Gasteiger partial charge in [-0.3, -0.25) is 9.59 Å². The fourth-order valence-electron chi connectivity index (χ4n) is 4.28. The third kappa shape index (κ3) is 5.62. The fraction of sp³-hybridized carbons (Fsp3) is 0.100. The zero-order chi connectivity index (χ0) is 28.2. The first-order valence-corrected chi connectivity index (χ1v) is 12.4. The minimum Gasteiger partial charge on any atom is -0.454 e. The van der Waals surface area contributed by atoms with Crippen molar-refractivity contribution >= 4 is 28.3 Å². The Hall–Kier alpha value is -5.22. The number of carbonyl (C=O) groups excluding carboxylic acids is 1. The molecule has 202 valence electrons. The van der Waals surface area contributed by atoms with Crippen LogP contribution in [0.25, 0.3) is 27.7 Å². The number of hydrogen-bond acceptors (Lipinski definition) is 6. The Kier molecular flexibility index (Phi) is 7.43. The van der Waals surface area contributed by atoms with Gasteiger partial charge in [-0.05, 0) is 62.1 Å². The average Bonchev–Trinajstić information content (AvgIpc) is 3.35. The first-order valence-electron chi connectivity index (χ1n) is 12.4. The van der Waals surface area contributed by atoms with Crippen molar-refractivity contribution in [1.29, 1.82) is 0 Å². The summed E-state index contributed by atoms with van der Waals surface area (Å²) in [6.45, 7) is 0.639. The summed E-state index contributed by atoms with van der Waals surface area (Å²) in [4.78, 5) is 27.3. The lowest BCUT2D eigenvalue weighted by molar-refractivity contribution is -0.111. The highest BCUT2D eigenvalue weighted by Crippen LogP contribution is 2.35. The van der Waals surface area contributed by atoms with Crippen LogP contribution in [0.2, 0.25) is 0 Å². The molecule has 5 aromatic rings. The van der Waals surface area contributed by atoms with Gasteiger partial charge in [0.05, 0.1) is 5.39 Å². The van der Waals surface area contributed by atoms with E-state index in [0.717, 1.165) is 5.56 Å². The lowest BCUT2D eigenvalue weighted by atomic mass is 10.1. The van der Waals surface area contributed by atoms with Crippen LogP contribution in [0.15, 0.2) is 95.9 Å². The zero-order valence-corrected chi connectivity index (χ0v) is 21.9. The summed E-state index contributed by atoms with van der Waals surface area (Å²) in [7, 11) is 3.83.